The fraction of sp³-hybridized carbons (Fsp3) is 0.333. The summed E-state index contributed by atoms with van der Waals surface area (Å²) in [6.45, 7) is 1.97. The fourth-order valence-electron chi connectivity index (χ4n) is 4.79. The topological polar surface area (TPSA) is 80.8 Å². The molecule has 0 radical (unpaired) electrons. The SMILES string of the molecule is COc1cccc(OC)c1/C=C/C=C/C(=O)N1CCN(C(=O)/C=C/C=C/c2c(OC)cccc2OC)C(CN(C)C)C1. The van der Waals surface area contributed by atoms with Crippen LogP contribution in [0.4, 0.5) is 0 Å². The maximum atomic E-state index is 13.2. The zero-order valence-electron chi connectivity index (χ0n) is 25.3. The summed E-state index contributed by atoms with van der Waals surface area (Å²) < 4.78 is 21.7. The van der Waals surface area contributed by atoms with Crippen LogP contribution in [0.3, 0.4) is 0 Å². The Morgan fingerprint density at radius 3 is 1.62 bits per heavy atom. The first-order valence-electron chi connectivity index (χ1n) is 13.7. The molecule has 0 spiro atoms. The lowest BCUT2D eigenvalue weighted by atomic mass is 10.1. The van der Waals surface area contributed by atoms with Gasteiger partial charge in [0.1, 0.15) is 23.0 Å². The Kier molecular flexibility index (Phi) is 12.3. The monoisotopic (exact) mass is 575 g/mol. The van der Waals surface area contributed by atoms with Gasteiger partial charge in [-0.15, -0.1) is 0 Å². The lowest BCUT2D eigenvalue weighted by Crippen LogP contribution is -2.58. The van der Waals surface area contributed by atoms with Crippen LogP contribution in [0.2, 0.25) is 0 Å². The number of benzene rings is 2. The molecule has 9 heteroatoms. The molecule has 2 aromatic carbocycles. The molecule has 3 rings (SSSR count). The number of allylic oxidation sites excluding steroid dienone is 4. The van der Waals surface area contributed by atoms with E-state index in [1.54, 1.807) is 69.8 Å². The average Bonchev–Trinajstić information content (AvgIpc) is 3.00. The van der Waals surface area contributed by atoms with Crippen molar-refractivity contribution in [2.24, 2.45) is 0 Å². The highest BCUT2D eigenvalue weighted by Gasteiger charge is 2.31. The first kappa shape index (κ1) is 32.0. The van der Waals surface area contributed by atoms with Crippen LogP contribution in [0.5, 0.6) is 23.0 Å². The van der Waals surface area contributed by atoms with Gasteiger partial charge in [-0.1, -0.05) is 36.4 Å². The lowest BCUT2D eigenvalue weighted by molar-refractivity contribution is -0.137. The molecule has 9 nitrogen and oxygen atoms in total. The molecule has 1 aliphatic heterocycles. The summed E-state index contributed by atoms with van der Waals surface area (Å²) >= 11 is 0. The molecule has 224 valence electrons. The Morgan fingerprint density at radius 1 is 0.738 bits per heavy atom. The second kappa shape index (κ2) is 16.1. The number of rotatable bonds is 12. The Morgan fingerprint density at radius 2 is 1.19 bits per heavy atom. The molecule has 1 atom stereocenters. The quantitative estimate of drug-likeness (QED) is 0.278. The smallest absolute Gasteiger partial charge is 0.246 e. The highest BCUT2D eigenvalue weighted by molar-refractivity contribution is 5.90. The van der Waals surface area contributed by atoms with E-state index in [9.17, 15) is 9.59 Å². The third-order valence-electron chi connectivity index (χ3n) is 6.81. The van der Waals surface area contributed by atoms with Gasteiger partial charge in [-0.3, -0.25) is 9.59 Å². The molecule has 1 heterocycles. The van der Waals surface area contributed by atoms with E-state index in [1.807, 2.05) is 72.4 Å². The highest BCUT2D eigenvalue weighted by Crippen LogP contribution is 2.30. The van der Waals surface area contributed by atoms with Crippen molar-refractivity contribution in [3.8, 4) is 23.0 Å². The zero-order valence-corrected chi connectivity index (χ0v) is 25.3. The van der Waals surface area contributed by atoms with Crippen LogP contribution >= 0.6 is 0 Å². The van der Waals surface area contributed by atoms with E-state index in [0.717, 1.165) is 11.1 Å². The Labute approximate surface area is 248 Å². The molecule has 1 fully saturated rings. The van der Waals surface area contributed by atoms with Crippen molar-refractivity contribution in [2.45, 2.75) is 6.04 Å². The van der Waals surface area contributed by atoms with Crippen LogP contribution in [0, 0.1) is 0 Å². The maximum Gasteiger partial charge on any atom is 0.246 e. The van der Waals surface area contributed by atoms with Gasteiger partial charge in [0.15, 0.2) is 0 Å². The number of hydrogen-bond acceptors (Lipinski definition) is 7. The predicted octanol–water partition coefficient (Wildman–Crippen LogP) is 4.16. The van der Waals surface area contributed by atoms with Crippen LogP contribution in [-0.2, 0) is 9.59 Å². The van der Waals surface area contributed by atoms with E-state index in [2.05, 4.69) is 0 Å². The number of methoxy groups -OCH3 is 4. The molecule has 0 bridgehead atoms. The standard InChI is InChI=1S/C33H41N3O6/c1-34(2)23-25-24-35(32(37)19-9-7-13-26-28(39-3)15-11-16-29(26)40-4)21-22-36(25)33(38)20-10-8-14-27-30(41-5)17-12-18-31(27)42-6/h7-20,25H,21-24H2,1-6H3/b13-7+,14-8+,19-9+,20-10+. The van der Waals surface area contributed by atoms with Crippen molar-refractivity contribution in [3.63, 3.8) is 0 Å². The minimum Gasteiger partial charge on any atom is -0.496 e. The minimum absolute atomic E-state index is 0.102. The molecule has 2 amide bonds. The number of nitrogens with zero attached hydrogens (tertiary/aromatic N) is 3. The van der Waals surface area contributed by atoms with Crippen molar-refractivity contribution >= 4 is 24.0 Å². The van der Waals surface area contributed by atoms with E-state index in [-0.39, 0.29) is 17.9 Å². The molecule has 1 unspecified atom stereocenters. The molecule has 2 aromatic rings. The normalized spacial score (nSPS) is 15.8. The maximum absolute atomic E-state index is 13.2. The summed E-state index contributed by atoms with van der Waals surface area (Å²) in [5, 5.41) is 0. The van der Waals surface area contributed by atoms with E-state index in [0.29, 0.717) is 49.2 Å². The van der Waals surface area contributed by atoms with Gasteiger partial charge in [0, 0.05) is 38.3 Å². The van der Waals surface area contributed by atoms with Gasteiger partial charge in [0.25, 0.3) is 0 Å². The first-order chi connectivity index (χ1) is 20.3. The minimum atomic E-state index is -0.144. The first-order valence-corrected chi connectivity index (χ1v) is 13.7. The van der Waals surface area contributed by atoms with Crippen LogP contribution < -0.4 is 18.9 Å². The zero-order chi connectivity index (χ0) is 30.5. The summed E-state index contributed by atoms with van der Waals surface area (Å²) in [5.74, 6) is 2.52. The van der Waals surface area contributed by atoms with Crippen LogP contribution in [0.25, 0.3) is 12.2 Å². The number of carbonyl (C=O) groups excluding carboxylic acids is 2. The van der Waals surface area contributed by atoms with Crippen molar-refractivity contribution < 1.29 is 28.5 Å². The Balaban J connectivity index is 1.65. The molecule has 1 saturated heterocycles. The van der Waals surface area contributed by atoms with Crippen LogP contribution in [0.1, 0.15) is 11.1 Å². The Bertz CT molecular complexity index is 1290. The molecule has 1 aliphatic rings. The third kappa shape index (κ3) is 8.50. The molecule has 0 N–H and O–H groups in total. The van der Waals surface area contributed by atoms with Crippen molar-refractivity contribution in [3.05, 3.63) is 84.0 Å². The van der Waals surface area contributed by atoms with Gasteiger partial charge >= 0.3 is 0 Å². The number of hydrogen-bond donors (Lipinski definition) is 0. The van der Waals surface area contributed by atoms with E-state index in [4.69, 9.17) is 18.9 Å². The second-order valence-electron chi connectivity index (χ2n) is 9.82. The largest absolute Gasteiger partial charge is 0.496 e. The number of amides is 2. The van der Waals surface area contributed by atoms with Gasteiger partial charge in [0.2, 0.25) is 11.8 Å². The van der Waals surface area contributed by atoms with Gasteiger partial charge in [-0.2, -0.15) is 0 Å². The molecule has 0 aromatic heterocycles. The van der Waals surface area contributed by atoms with Gasteiger partial charge in [-0.05, 0) is 50.5 Å². The van der Waals surface area contributed by atoms with E-state index in [1.165, 1.54) is 0 Å². The van der Waals surface area contributed by atoms with Gasteiger partial charge < -0.3 is 33.6 Å². The van der Waals surface area contributed by atoms with Gasteiger partial charge in [-0.25, -0.2) is 0 Å². The van der Waals surface area contributed by atoms with Crippen molar-refractivity contribution in [1.82, 2.24) is 14.7 Å². The molecule has 0 saturated carbocycles. The fourth-order valence-corrected chi connectivity index (χ4v) is 4.79. The predicted molar refractivity (Wildman–Crippen MR) is 166 cm³/mol. The number of piperazine rings is 1. The summed E-state index contributed by atoms with van der Waals surface area (Å²) in [4.78, 5) is 31.8. The number of ether oxygens (including phenoxy) is 4. The van der Waals surface area contributed by atoms with Crippen molar-refractivity contribution in [2.75, 3.05) is 68.7 Å². The average molecular weight is 576 g/mol. The van der Waals surface area contributed by atoms with Crippen molar-refractivity contribution in [1.29, 1.82) is 0 Å². The summed E-state index contributed by atoms with van der Waals surface area (Å²) in [7, 11) is 10.3. The highest BCUT2D eigenvalue weighted by atomic mass is 16.5. The summed E-state index contributed by atoms with van der Waals surface area (Å²) in [5.41, 5.74) is 1.59. The van der Waals surface area contributed by atoms with E-state index >= 15 is 0 Å². The number of carbonyl (C=O) groups is 2. The van der Waals surface area contributed by atoms with E-state index < -0.39 is 0 Å². The third-order valence-corrected chi connectivity index (χ3v) is 6.81. The summed E-state index contributed by atoms with van der Waals surface area (Å²) in [6, 6.07) is 11.0. The molecular formula is C33H41N3O6. The van der Waals surface area contributed by atoms with Crippen LogP contribution in [0.15, 0.2) is 72.9 Å². The second-order valence-corrected chi connectivity index (χ2v) is 9.82. The Hall–Kier alpha value is -4.50. The van der Waals surface area contributed by atoms with Gasteiger partial charge in [0.05, 0.1) is 45.6 Å². The molecule has 42 heavy (non-hydrogen) atoms. The molecular weight excluding hydrogens is 534 g/mol. The lowest BCUT2D eigenvalue weighted by Gasteiger charge is -2.41. The number of likely N-dealkylation sites (N-methyl/N-ethyl adjacent to an activating group) is 1. The molecule has 0 aliphatic carbocycles. The summed E-state index contributed by atoms with van der Waals surface area (Å²) in [6.07, 6.45) is 13.8. The van der Waals surface area contributed by atoms with Crippen LogP contribution in [-0.4, -0.2) is 101 Å².